The Morgan fingerprint density at radius 1 is 1.00 bits per heavy atom. The Balaban J connectivity index is 1.72. The molecule has 0 spiro atoms. The van der Waals surface area contributed by atoms with Crippen molar-refractivity contribution in [3.8, 4) is 0 Å². The number of carbonyl (C=O) groups is 1. The summed E-state index contributed by atoms with van der Waals surface area (Å²) in [5, 5.41) is 0.530. The SMILES string of the molecule is CC1(C)Cc2c(sc3c2c(=O)n(Cc2ccccc2)c(=O)n3CC(=O)c2ccccc2)CO1. The average molecular weight is 461 g/mol. The number of aromatic nitrogens is 2. The second-order valence-electron chi connectivity index (χ2n) is 8.94. The number of rotatable bonds is 5. The lowest BCUT2D eigenvalue weighted by atomic mass is 9.94. The monoisotopic (exact) mass is 460 g/mol. The smallest absolute Gasteiger partial charge is 0.332 e. The van der Waals surface area contributed by atoms with E-state index >= 15 is 0 Å². The summed E-state index contributed by atoms with van der Waals surface area (Å²) in [6, 6.07) is 18.3. The van der Waals surface area contributed by atoms with Gasteiger partial charge in [0.2, 0.25) is 0 Å². The lowest BCUT2D eigenvalue weighted by Gasteiger charge is -2.29. The summed E-state index contributed by atoms with van der Waals surface area (Å²) in [5.41, 5.74) is 1.13. The first-order chi connectivity index (χ1) is 15.8. The molecule has 5 rings (SSSR count). The minimum absolute atomic E-state index is 0.127. The van der Waals surface area contributed by atoms with Gasteiger partial charge in [-0.2, -0.15) is 0 Å². The highest BCUT2D eigenvalue weighted by atomic mass is 32.1. The maximum atomic E-state index is 13.6. The van der Waals surface area contributed by atoms with Crippen LogP contribution >= 0.6 is 11.3 Å². The molecular weight excluding hydrogens is 436 g/mol. The van der Waals surface area contributed by atoms with E-state index < -0.39 is 11.3 Å². The van der Waals surface area contributed by atoms with Crippen LogP contribution in [0.25, 0.3) is 10.2 Å². The fourth-order valence-electron chi connectivity index (χ4n) is 4.31. The first-order valence-corrected chi connectivity index (χ1v) is 11.7. The highest BCUT2D eigenvalue weighted by Gasteiger charge is 2.32. The molecule has 0 atom stereocenters. The Kier molecular flexibility index (Phi) is 5.38. The van der Waals surface area contributed by atoms with Crippen LogP contribution in [0.2, 0.25) is 0 Å². The van der Waals surface area contributed by atoms with Crippen LogP contribution in [0.1, 0.15) is 40.2 Å². The van der Waals surface area contributed by atoms with Gasteiger partial charge >= 0.3 is 5.69 Å². The zero-order valence-electron chi connectivity index (χ0n) is 18.5. The molecule has 0 aliphatic carbocycles. The number of carbonyl (C=O) groups excluding carboxylic acids is 1. The molecule has 33 heavy (non-hydrogen) atoms. The van der Waals surface area contributed by atoms with Crippen molar-refractivity contribution < 1.29 is 9.53 Å². The van der Waals surface area contributed by atoms with Crippen LogP contribution in [0.15, 0.2) is 70.3 Å². The molecule has 7 heteroatoms. The number of fused-ring (bicyclic) bond motifs is 3. The summed E-state index contributed by atoms with van der Waals surface area (Å²) in [7, 11) is 0. The molecule has 0 fully saturated rings. The quantitative estimate of drug-likeness (QED) is 0.422. The van der Waals surface area contributed by atoms with Crippen molar-refractivity contribution in [2.24, 2.45) is 0 Å². The van der Waals surface area contributed by atoms with Gasteiger partial charge in [-0.1, -0.05) is 60.7 Å². The molecule has 0 amide bonds. The third-order valence-electron chi connectivity index (χ3n) is 6.02. The molecule has 6 nitrogen and oxygen atoms in total. The van der Waals surface area contributed by atoms with Crippen molar-refractivity contribution in [3.63, 3.8) is 0 Å². The van der Waals surface area contributed by atoms with E-state index in [0.29, 0.717) is 28.8 Å². The van der Waals surface area contributed by atoms with Crippen molar-refractivity contribution in [1.29, 1.82) is 0 Å². The molecule has 1 aliphatic heterocycles. The van der Waals surface area contributed by atoms with Crippen LogP contribution in [0.4, 0.5) is 0 Å². The minimum Gasteiger partial charge on any atom is -0.370 e. The van der Waals surface area contributed by atoms with Gasteiger partial charge in [0.25, 0.3) is 5.56 Å². The maximum Gasteiger partial charge on any atom is 0.332 e. The van der Waals surface area contributed by atoms with Crippen molar-refractivity contribution >= 4 is 27.3 Å². The summed E-state index contributed by atoms with van der Waals surface area (Å²) >= 11 is 1.38. The Morgan fingerprint density at radius 3 is 2.36 bits per heavy atom. The Morgan fingerprint density at radius 2 is 1.67 bits per heavy atom. The summed E-state index contributed by atoms with van der Waals surface area (Å²) in [5.74, 6) is -0.174. The first kappa shape index (κ1) is 21.6. The molecule has 1 aliphatic rings. The highest BCUT2D eigenvalue weighted by molar-refractivity contribution is 7.18. The Bertz CT molecular complexity index is 1460. The Labute approximate surface area is 194 Å². The van der Waals surface area contributed by atoms with Gasteiger partial charge in [0, 0.05) is 16.9 Å². The number of Topliss-reactive ketones (excluding diaryl/α,β-unsaturated/α-hetero) is 1. The normalized spacial score (nSPS) is 14.8. The van der Waals surface area contributed by atoms with Crippen LogP contribution in [0.5, 0.6) is 0 Å². The summed E-state index contributed by atoms with van der Waals surface area (Å²) in [6.07, 6.45) is 0.577. The topological polar surface area (TPSA) is 70.3 Å². The van der Waals surface area contributed by atoms with Gasteiger partial charge in [-0.3, -0.25) is 18.7 Å². The lowest BCUT2D eigenvalue weighted by Crippen LogP contribution is -2.41. The maximum absolute atomic E-state index is 13.6. The molecule has 0 saturated heterocycles. The third kappa shape index (κ3) is 3.98. The van der Waals surface area contributed by atoms with Gasteiger partial charge in [-0.15, -0.1) is 11.3 Å². The summed E-state index contributed by atoms with van der Waals surface area (Å²) in [6.45, 7) is 4.41. The zero-order valence-corrected chi connectivity index (χ0v) is 19.4. The number of nitrogens with zero attached hydrogens (tertiary/aromatic N) is 2. The molecular formula is C26H24N2O4S. The highest BCUT2D eigenvalue weighted by Crippen LogP contribution is 2.37. The number of ketones is 1. The summed E-state index contributed by atoms with van der Waals surface area (Å²) < 4.78 is 8.67. The second-order valence-corrected chi connectivity index (χ2v) is 10.0. The molecule has 0 radical (unpaired) electrons. The van der Waals surface area contributed by atoms with Crippen LogP contribution in [0.3, 0.4) is 0 Å². The number of hydrogen-bond acceptors (Lipinski definition) is 5. The van der Waals surface area contributed by atoms with Gasteiger partial charge in [-0.25, -0.2) is 4.79 Å². The molecule has 2 aromatic carbocycles. The lowest BCUT2D eigenvalue weighted by molar-refractivity contribution is -0.0379. The van der Waals surface area contributed by atoms with Gasteiger partial charge < -0.3 is 4.74 Å². The standard InChI is InChI=1S/C26H24N2O4S/c1-26(2)13-19-21(16-32-26)33-24-22(19)23(30)27(14-17-9-5-3-6-10-17)25(31)28(24)15-20(29)18-11-7-4-8-12-18/h3-12H,13-16H2,1-2H3. The van der Waals surface area contributed by atoms with Gasteiger partial charge in [0.1, 0.15) is 4.83 Å². The van der Waals surface area contributed by atoms with E-state index in [1.807, 2.05) is 50.2 Å². The van der Waals surface area contributed by atoms with Gasteiger partial charge in [0.15, 0.2) is 5.78 Å². The molecule has 0 N–H and O–H groups in total. The fraction of sp³-hybridized carbons (Fsp3) is 0.269. The number of hydrogen-bond donors (Lipinski definition) is 0. The molecule has 3 heterocycles. The fourth-order valence-corrected chi connectivity index (χ4v) is 5.52. The van der Waals surface area contributed by atoms with E-state index in [9.17, 15) is 14.4 Å². The molecule has 168 valence electrons. The van der Waals surface area contributed by atoms with E-state index in [4.69, 9.17) is 4.74 Å². The number of ether oxygens (including phenoxy) is 1. The largest absolute Gasteiger partial charge is 0.370 e. The molecule has 0 unspecified atom stereocenters. The van der Waals surface area contributed by atoms with Crippen molar-refractivity contribution in [1.82, 2.24) is 9.13 Å². The summed E-state index contributed by atoms with van der Waals surface area (Å²) in [4.78, 5) is 41.7. The van der Waals surface area contributed by atoms with Crippen LogP contribution in [-0.2, 0) is 30.9 Å². The number of benzene rings is 2. The van der Waals surface area contributed by atoms with Crippen molar-refractivity contribution in [3.05, 3.63) is 103 Å². The zero-order chi connectivity index (χ0) is 23.2. The molecule has 2 aromatic heterocycles. The van der Waals surface area contributed by atoms with Crippen molar-refractivity contribution in [2.75, 3.05) is 0 Å². The molecule has 0 bridgehead atoms. The predicted octanol–water partition coefficient (Wildman–Crippen LogP) is 4.01. The van der Waals surface area contributed by atoms with Gasteiger partial charge in [0.05, 0.1) is 30.7 Å². The van der Waals surface area contributed by atoms with Crippen LogP contribution < -0.4 is 11.2 Å². The second kappa shape index (κ2) is 8.24. The van der Waals surface area contributed by atoms with E-state index in [1.54, 1.807) is 24.3 Å². The van der Waals surface area contributed by atoms with Crippen LogP contribution in [0, 0.1) is 0 Å². The third-order valence-corrected chi connectivity index (χ3v) is 7.24. The van der Waals surface area contributed by atoms with E-state index in [1.165, 1.54) is 20.5 Å². The van der Waals surface area contributed by atoms with E-state index in [0.717, 1.165) is 16.0 Å². The molecule has 4 aromatic rings. The van der Waals surface area contributed by atoms with Crippen LogP contribution in [-0.4, -0.2) is 20.5 Å². The predicted molar refractivity (Wildman–Crippen MR) is 129 cm³/mol. The van der Waals surface area contributed by atoms with Crippen molar-refractivity contribution in [2.45, 2.75) is 45.6 Å². The molecule has 0 saturated carbocycles. The first-order valence-electron chi connectivity index (χ1n) is 10.9. The van der Waals surface area contributed by atoms with E-state index in [2.05, 4.69) is 0 Å². The number of thiophene rings is 1. The van der Waals surface area contributed by atoms with E-state index in [-0.39, 0.29) is 24.4 Å². The van der Waals surface area contributed by atoms with Gasteiger partial charge in [-0.05, 0) is 25.0 Å². The minimum atomic E-state index is -0.473. The average Bonchev–Trinajstić information content (AvgIpc) is 3.18. The Hall–Kier alpha value is -3.29.